The van der Waals surface area contributed by atoms with E-state index in [-0.39, 0.29) is 17.9 Å². The molecule has 1 aliphatic heterocycles. The van der Waals surface area contributed by atoms with Crippen LogP contribution in [0.25, 0.3) is 0 Å². The zero-order valence-corrected chi connectivity index (χ0v) is 19.0. The van der Waals surface area contributed by atoms with Crippen molar-refractivity contribution in [2.75, 3.05) is 17.9 Å². The topological polar surface area (TPSA) is 101 Å². The Balaban J connectivity index is 1.92. The molecule has 9 heteroatoms. The molecule has 162 valence electrons. The van der Waals surface area contributed by atoms with E-state index in [0.717, 1.165) is 17.9 Å². The summed E-state index contributed by atoms with van der Waals surface area (Å²) < 4.78 is 28.3. The second kappa shape index (κ2) is 9.47. The maximum Gasteiger partial charge on any atom is 0.303 e. The van der Waals surface area contributed by atoms with Gasteiger partial charge in [-0.05, 0) is 48.7 Å². The lowest BCUT2D eigenvalue weighted by atomic mass is 9.96. The molecule has 0 aliphatic carbocycles. The third-order valence-corrected chi connectivity index (χ3v) is 7.61. The number of halogens is 1. The van der Waals surface area contributed by atoms with Crippen molar-refractivity contribution in [1.29, 1.82) is 0 Å². The van der Waals surface area contributed by atoms with Gasteiger partial charge in [0.25, 0.3) is 10.0 Å². The molecule has 1 atom stereocenters. The third-order valence-electron chi connectivity index (χ3n) is 5.29. The van der Waals surface area contributed by atoms with Gasteiger partial charge in [0.1, 0.15) is 0 Å². The largest absolute Gasteiger partial charge is 0.784 e. The summed E-state index contributed by atoms with van der Waals surface area (Å²) in [4.78, 5) is 10.7. The van der Waals surface area contributed by atoms with Crippen LogP contribution in [0.5, 0.6) is 0 Å². The molecule has 0 spiro atoms. The number of nitrogens with zero attached hydrogens (tertiary/aromatic N) is 2. The van der Waals surface area contributed by atoms with E-state index >= 15 is 0 Å². The Bertz CT molecular complexity index is 1030. The van der Waals surface area contributed by atoms with Crippen LogP contribution in [0, 0.1) is 5.21 Å². The normalized spacial score (nSPS) is 17.3. The summed E-state index contributed by atoms with van der Waals surface area (Å²) in [7, 11) is -2.32. The lowest BCUT2D eigenvalue weighted by Crippen LogP contribution is -2.26. The molecule has 1 heterocycles. The van der Waals surface area contributed by atoms with Crippen LogP contribution in [0.2, 0.25) is 0 Å². The number of rotatable bonds is 8. The summed E-state index contributed by atoms with van der Waals surface area (Å²) in [5.74, 6) is -0.816. The maximum atomic E-state index is 13.2. The first-order valence-electron chi connectivity index (χ1n) is 9.76. The Morgan fingerprint density at radius 1 is 1.13 bits per heavy atom. The predicted molar refractivity (Wildman–Crippen MR) is 119 cm³/mol. The molecule has 2 aromatic carbocycles. The van der Waals surface area contributed by atoms with E-state index < -0.39 is 22.0 Å². The number of hydrogen-bond donors (Lipinski definition) is 1. The summed E-state index contributed by atoms with van der Waals surface area (Å²) in [5, 5.41) is 22.9. The predicted octanol–water partition coefficient (Wildman–Crippen LogP) is 4.51. The summed E-state index contributed by atoms with van der Waals surface area (Å²) in [6, 6.07) is 11.3. The van der Waals surface area contributed by atoms with Gasteiger partial charge in [-0.25, -0.2) is 8.42 Å². The highest BCUT2D eigenvalue weighted by Gasteiger charge is 2.35. The van der Waals surface area contributed by atoms with Gasteiger partial charge in [0.15, 0.2) is 0 Å². The molecule has 0 saturated heterocycles. The Morgan fingerprint density at radius 3 is 2.57 bits per heavy atom. The summed E-state index contributed by atoms with van der Waals surface area (Å²) in [6.45, 7) is 0.228. The molecule has 0 saturated carbocycles. The first kappa shape index (κ1) is 22.7. The molecule has 0 radical (unpaired) electrons. The highest BCUT2D eigenvalue weighted by Crippen LogP contribution is 2.43. The third kappa shape index (κ3) is 4.69. The van der Waals surface area contributed by atoms with Crippen LogP contribution < -0.4 is 4.31 Å². The fourth-order valence-corrected chi connectivity index (χ4v) is 5.73. The van der Waals surface area contributed by atoms with Crippen molar-refractivity contribution in [3.63, 3.8) is 0 Å². The van der Waals surface area contributed by atoms with E-state index in [2.05, 4.69) is 15.9 Å². The zero-order chi connectivity index (χ0) is 21.9. The Kier molecular flexibility index (Phi) is 7.18. The molecule has 0 aromatic heterocycles. The van der Waals surface area contributed by atoms with E-state index in [4.69, 9.17) is 5.11 Å². The number of carboxylic acids is 1. The van der Waals surface area contributed by atoms with Crippen LogP contribution >= 0.6 is 15.9 Å². The first-order valence-corrected chi connectivity index (χ1v) is 12.0. The molecular formula is C21H24BrN2O5S-. The molecule has 3 rings (SSSR count). The van der Waals surface area contributed by atoms with E-state index in [9.17, 15) is 18.4 Å². The number of anilines is 1. The molecule has 0 bridgehead atoms. The molecule has 1 aliphatic rings. The summed E-state index contributed by atoms with van der Waals surface area (Å²) in [5.41, 5.74) is 1.58. The number of fused-ring (bicyclic) bond motifs is 2. The maximum absolute atomic E-state index is 13.2. The molecule has 1 unspecified atom stereocenters. The average molecular weight is 496 g/mol. The number of unbranched alkanes of at least 4 members (excludes halogenated alkanes) is 3. The van der Waals surface area contributed by atoms with Crippen LogP contribution in [0.15, 0.2) is 51.8 Å². The lowest BCUT2D eigenvalue weighted by Gasteiger charge is -2.38. The van der Waals surface area contributed by atoms with Crippen molar-refractivity contribution >= 4 is 37.6 Å². The van der Waals surface area contributed by atoms with Gasteiger partial charge in [0, 0.05) is 17.9 Å². The molecule has 7 nitrogen and oxygen atoms in total. The van der Waals surface area contributed by atoms with Crippen molar-refractivity contribution in [2.45, 2.75) is 43.0 Å². The standard InChI is InChI=1S/C21H24BrN2O5S/c1-23-18-9-6-5-8-16(18)21(24(27)13-7-3-2-4-10-20(25)26)17-12-11-15(22)14-19(17)30(23,28)29/h5-6,8-9,11-12,14,21H,2-4,7,10,13H2,1H3,(H,25,26)/q-1. The van der Waals surface area contributed by atoms with E-state index in [0.29, 0.717) is 34.1 Å². The SMILES string of the molecule is CN1c2ccccc2C(N([O-])CCCCCCC(=O)O)c2ccc(Br)cc2S1(=O)=O. The summed E-state index contributed by atoms with van der Waals surface area (Å²) in [6.07, 6.45) is 2.80. The minimum absolute atomic E-state index is 0.114. The lowest BCUT2D eigenvalue weighted by molar-refractivity contribution is -0.137. The number of sulfonamides is 1. The van der Waals surface area contributed by atoms with Gasteiger partial charge in [0.2, 0.25) is 0 Å². The Hall–Kier alpha value is -1.94. The minimum atomic E-state index is -3.82. The Morgan fingerprint density at radius 2 is 1.83 bits per heavy atom. The molecule has 30 heavy (non-hydrogen) atoms. The number of hydrogen-bond acceptors (Lipinski definition) is 5. The monoisotopic (exact) mass is 495 g/mol. The van der Waals surface area contributed by atoms with Gasteiger partial charge in [-0.1, -0.05) is 53.0 Å². The quantitative estimate of drug-likeness (QED) is 0.426. The Labute approximate surface area is 185 Å². The average Bonchev–Trinajstić information content (AvgIpc) is 2.77. The van der Waals surface area contributed by atoms with Crippen molar-refractivity contribution in [1.82, 2.24) is 5.06 Å². The van der Waals surface area contributed by atoms with Crippen molar-refractivity contribution in [2.24, 2.45) is 0 Å². The smallest absolute Gasteiger partial charge is 0.303 e. The minimum Gasteiger partial charge on any atom is -0.784 e. The van der Waals surface area contributed by atoms with Crippen LogP contribution in [0.1, 0.15) is 49.3 Å². The summed E-state index contributed by atoms with van der Waals surface area (Å²) >= 11 is 3.34. The zero-order valence-electron chi connectivity index (χ0n) is 16.6. The van der Waals surface area contributed by atoms with E-state index in [1.807, 2.05) is 0 Å². The van der Waals surface area contributed by atoms with Gasteiger partial charge >= 0.3 is 5.97 Å². The molecule has 2 aromatic rings. The second-order valence-corrected chi connectivity index (χ2v) is 10.2. The van der Waals surface area contributed by atoms with Crippen molar-refractivity contribution in [3.8, 4) is 0 Å². The molecule has 0 amide bonds. The van der Waals surface area contributed by atoms with Gasteiger partial charge < -0.3 is 15.4 Å². The van der Waals surface area contributed by atoms with Gasteiger partial charge in [-0.2, -0.15) is 0 Å². The number of para-hydroxylation sites is 1. The van der Waals surface area contributed by atoms with Crippen LogP contribution in [-0.4, -0.2) is 38.1 Å². The fraction of sp³-hybridized carbons (Fsp3) is 0.381. The number of carbonyl (C=O) groups is 1. The van der Waals surface area contributed by atoms with E-state index in [1.165, 1.54) is 11.4 Å². The molecule has 1 N–H and O–H groups in total. The highest BCUT2D eigenvalue weighted by molar-refractivity contribution is 9.10. The van der Waals surface area contributed by atoms with Crippen molar-refractivity contribution in [3.05, 3.63) is 63.3 Å². The number of carboxylic acid groups (broad SMARTS) is 1. The van der Waals surface area contributed by atoms with Gasteiger partial charge in [-0.3, -0.25) is 9.10 Å². The van der Waals surface area contributed by atoms with Crippen molar-refractivity contribution < 1.29 is 18.3 Å². The molecular weight excluding hydrogens is 472 g/mol. The van der Waals surface area contributed by atoms with E-state index in [1.54, 1.807) is 42.5 Å². The van der Waals surface area contributed by atoms with Crippen LogP contribution in [0.3, 0.4) is 0 Å². The second-order valence-electron chi connectivity index (χ2n) is 7.31. The highest BCUT2D eigenvalue weighted by atomic mass is 79.9. The van der Waals surface area contributed by atoms with Crippen LogP contribution in [-0.2, 0) is 14.8 Å². The molecule has 0 fully saturated rings. The van der Waals surface area contributed by atoms with Gasteiger partial charge in [0.05, 0.1) is 16.6 Å². The number of hydroxylamine groups is 2. The van der Waals surface area contributed by atoms with Crippen LogP contribution in [0.4, 0.5) is 5.69 Å². The fourth-order valence-electron chi connectivity index (χ4n) is 3.74. The number of aliphatic carboxylic acids is 1. The number of benzene rings is 2. The van der Waals surface area contributed by atoms with Gasteiger partial charge in [-0.15, -0.1) is 0 Å². The first-order chi connectivity index (χ1) is 14.2.